The Balaban J connectivity index is 1.91. The number of carboxylic acids is 1. The maximum absolute atomic E-state index is 11.3. The van der Waals surface area contributed by atoms with Crippen LogP contribution in [0.2, 0.25) is 0 Å². The van der Waals surface area contributed by atoms with E-state index in [2.05, 4.69) is 0 Å². The second-order valence-corrected chi connectivity index (χ2v) is 5.63. The molecule has 0 aromatic carbocycles. The summed E-state index contributed by atoms with van der Waals surface area (Å²) >= 11 is 0. The van der Waals surface area contributed by atoms with Crippen molar-refractivity contribution in [3.8, 4) is 0 Å². The van der Waals surface area contributed by atoms with Gasteiger partial charge in [-0.3, -0.25) is 4.79 Å². The maximum atomic E-state index is 11.3. The molecule has 1 aliphatic carbocycles. The van der Waals surface area contributed by atoms with E-state index in [0.29, 0.717) is 12.8 Å². The van der Waals surface area contributed by atoms with E-state index in [0.717, 1.165) is 0 Å². The van der Waals surface area contributed by atoms with Crippen molar-refractivity contribution in [1.29, 1.82) is 0 Å². The molecule has 2 aliphatic heterocycles. The molecule has 6 heteroatoms. The highest BCUT2D eigenvalue weighted by atomic mass is 16.8. The van der Waals surface area contributed by atoms with Gasteiger partial charge in [-0.05, 0) is 26.7 Å². The third-order valence-corrected chi connectivity index (χ3v) is 4.16. The van der Waals surface area contributed by atoms with Gasteiger partial charge in [0.1, 0.15) is 17.8 Å². The summed E-state index contributed by atoms with van der Waals surface area (Å²) in [5.74, 6) is -2.10. The molecule has 0 aromatic heterocycles. The van der Waals surface area contributed by atoms with Crippen molar-refractivity contribution in [2.24, 2.45) is 5.92 Å². The number of carbonyl (C=O) groups is 1. The van der Waals surface area contributed by atoms with Crippen molar-refractivity contribution in [3.63, 3.8) is 0 Å². The highest BCUT2D eigenvalue weighted by Crippen LogP contribution is 2.55. The second kappa shape index (κ2) is 3.66. The van der Waals surface area contributed by atoms with Crippen molar-refractivity contribution in [1.82, 2.24) is 0 Å². The fourth-order valence-electron chi connectivity index (χ4n) is 3.29. The summed E-state index contributed by atoms with van der Waals surface area (Å²) < 4.78 is 22.7. The molecule has 0 amide bonds. The largest absolute Gasteiger partial charge is 0.481 e. The van der Waals surface area contributed by atoms with Gasteiger partial charge in [0.25, 0.3) is 0 Å². The first-order chi connectivity index (χ1) is 8.39. The Bertz CT molecular complexity index is 381. The Morgan fingerprint density at radius 1 is 1.33 bits per heavy atom. The Morgan fingerprint density at radius 3 is 2.56 bits per heavy atom. The lowest BCUT2D eigenvalue weighted by Crippen LogP contribution is -2.58. The third-order valence-electron chi connectivity index (χ3n) is 4.16. The lowest BCUT2D eigenvalue weighted by molar-refractivity contribution is -0.278. The Morgan fingerprint density at radius 2 is 2.06 bits per heavy atom. The lowest BCUT2D eigenvalue weighted by atomic mass is 9.66. The van der Waals surface area contributed by atoms with Crippen LogP contribution in [0.4, 0.5) is 0 Å². The SMILES string of the molecule is COC1O[C@@]2(CC[C@H]2C(=O)O)[C@@H]2OC(C)(C)OC12. The summed E-state index contributed by atoms with van der Waals surface area (Å²) in [6.45, 7) is 3.64. The Labute approximate surface area is 105 Å². The zero-order valence-corrected chi connectivity index (χ0v) is 10.7. The van der Waals surface area contributed by atoms with Crippen LogP contribution < -0.4 is 0 Å². The van der Waals surface area contributed by atoms with Crippen LogP contribution in [0.3, 0.4) is 0 Å². The van der Waals surface area contributed by atoms with Crippen molar-refractivity contribution in [2.45, 2.75) is 56.6 Å². The van der Waals surface area contributed by atoms with E-state index >= 15 is 0 Å². The Kier molecular flexibility index (Phi) is 2.51. The van der Waals surface area contributed by atoms with Crippen LogP contribution in [0.1, 0.15) is 26.7 Å². The van der Waals surface area contributed by atoms with Crippen molar-refractivity contribution < 1.29 is 28.8 Å². The normalized spacial score (nSPS) is 49.1. The zero-order valence-electron chi connectivity index (χ0n) is 10.7. The minimum atomic E-state index is -0.843. The first-order valence-corrected chi connectivity index (χ1v) is 6.19. The van der Waals surface area contributed by atoms with Gasteiger partial charge in [-0.1, -0.05) is 0 Å². The molecule has 0 aromatic rings. The smallest absolute Gasteiger partial charge is 0.309 e. The predicted molar refractivity (Wildman–Crippen MR) is 58.8 cm³/mol. The fraction of sp³-hybridized carbons (Fsp3) is 0.917. The summed E-state index contributed by atoms with van der Waals surface area (Å²) in [5, 5.41) is 9.25. The van der Waals surface area contributed by atoms with Crippen LogP contribution in [0.5, 0.6) is 0 Å². The minimum absolute atomic E-state index is 0.354. The molecule has 6 nitrogen and oxygen atoms in total. The van der Waals surface area contributed by atoms with E-state index in [4.69, 9.17) is 18.9 Å². The highest BCUT2D eigenvalue weighted by molar-refractivity contribution is 5.73. The van der Waals surface area contributed by atoms with E-state index in [9.17, 15) is 9.90 Å². The van der Waals surface area contributed by atoms with Gasteiger partial charge in [-0.2, -0.15) is 0 Å². The van der Waals surface area contributed by atoms with Gasteiger partial charge in [0.05, 0.1) is 5.92 Å². The molecule has 2 saturated heterocycles. The fourth-order valence-corrected chi connectivity index (χ4v) is 3.29. The molecule has 3 fully saturated rings. The van der Waals surface area contributed by atoms with Gasteiger partial charge >= 0.3 is 5.97 Å². The first-order valence-electron chi connectivity index (χ1n) is 6.19. The van der Waals surface area contributed by atoms with Gasteiger partial charge in [-0.15, -0.1) is 0 Å². The van der Waals surface area contributed by atoms with Gasteiger partial charge in [0.15, 0.2) is 12.1 Å². The number of aliphatic carboxylic acids is 1. The number of carboxylic acid groups (broad SMARTS) is 1. The molecule has 3 aliphatic rings. The minimum Gasteiger partial charge on any atom is -0.481 e. The number of ether oxygens (including phenoxy) is 4. The number of fused-ring (bicyclic) bond motifs is 2. The van der Waals surface area contributed by atoms with E-state index in [1.165, 1.54) is 7.11 Å². The van der Waals surface area contributed by atoms with Crippen LogP contribution in [-0.2, 0) is 23.7 Å². The molecule has 0 radical (unpaired) electrons. The molecule has 2 unspecified atom stereocenters. The quantitative estimate of drug-likeness (QED) is 0.787. The summed E-state index contributed by atoms with van der Waals surface area (Å²) in [5.41, 5.74) is -0.787. The maximum Gasteiger partial charge on any atom is 0.309 e. The summed E-state index contributed by atoms with van der Waals surface area (Å²) in [6.07, 6.45) is 0.00168. The zero-order chi connectivity index (χ0) is 13.1. The molecule has 1 N–H and O–H groups in total. The van der Waals surface area contributed by atoms with Crippen LogP contribution in [0, 0.1) is 5.92 Å². The molecule has 3 rings (SSSR count). The molecule has 2 heterocycles. The predicted octanol–water partition coefficient (Wildman–Crippen LogP) is 0.743. The Hall–Kier alpha value is -0.690. The molecular formula is C12H18O6. The standard InChI is InChI=1S/C12H18O6/c1-11(2)16-7-8(17-11)12(18-10(7)15-3)5-4-6(12)9(13)14/h6-8,10H,4-5H2,1-3H3,(H,13,14)/t6-,7?,8+,10?,12+/m0/s1. The van der Waals surface area contributed by atoms with Crippen LogP contribution >= 0.6 is 0 Å². The van der Waals surface area contributed by atoms with Crippen LogP contribution in [0.25, 0.3) is 0 Å². The molecule has 0 bridgehead atoms. The topological polar surface area (TPSA) is 74.2 Å². The van der Waals surface area contributed by atoms with Crippen LogP contribution in [0.15, 0.2) is 0 Å². The molecule has 1 spiro atoms. The number of rotatable bonds is 2. The lowest BCUT2D eigenvalue weighted by Gasteiger charge is -2.46. The van der Waals surface area contributed by atoms with E-state index in [-0.39, 0.29) is 12.2 Å². The molecular weight excluding hydrogens is 240 g/mol. The van der Waals surface area contributed by atoms with Crippen molar-refractivity contribution in [2.75, 3.05) is 7.11 Å². The van der Waals surface area contributed by atoms with Gasteiger partial charge < -0.3 is 24.1 Å². The summed E-state index contributed by atoms with van der Waals surface area (Å²) in [6, 6.07) is 0. The monoisotopic (exact) mass is 258 g/mol. The number of hydrogen-bond donors (Lipinski definition) is 1. The molecule has 102 valence electrons. The highest BCUT2D eigenvalue weighted by Gasteiger charge is 2.70. The number of hydrogen-bond acceptors (Lipinski definition) is 5. The van der Waals surface area contributed by atoms with E-state index in [1.807, 2.05) is 13.8 Å². The van der Waals surface area contributed by atoms with E-state index < -0.39 is 29.6 Å². The third kappa shape index (κ3) is 1.46. The van der Waals surface area contributed by atoms with E-state index in [1.54, 1.807) is 0 Å². The van der Waals surface area contributed by atoms with Crippen molar-refractivity contribution >= 4 is 5.97 Å². The average molecular weight is 258 g/mol. The first kappa shape index (κ1) is 12.3. The van der Waals surface area contributed by atoms with Gasteiger partial charge in [-0.25, -0.2) is 0 Å². The molecule has 1 saturated carbocycles. The van der Waals surface area contributed by atoms with Crippen LogP contribution in [-0.4, -0.2) is 48.1 Å². The second-order valence-electron chi connectivity index (χ2n) is 5.63. The molecule has 5 atom stereocenters. The van der Waals surface area contributed by atoms with Gasteiger partial charge in [0, 0.05) is 7.11 Å². The summed E-state index contributed by atoms with van der Waals surface area (Å²) in [7, 11) is 1.53. The summed E-state index contributed by atoms with van der Waals surface area (Å²) in [4.78, 5) is 11.3. The van der Waals surface area contributed by atoms with Gasteiger partial charge in [0.2, 0.25) is 0 Å². The van der Waals surface area contributed by atoms with Crippen molar-refractivity contribution in [3.05, 3.63) is 0 Å². The average Bonchev–Trinajstić information content (AvgIpc) is 2.67. The number of methoxy groups -OCH3 is 1. The molecule has 18 heavy (non-hydrogen) atoms.